The van der Waals surface area contributed by atoms with Gasteiger partial charge < -0.3 is 9.88 Å². The van der Waals surface area contributed by atoms with Crippen molar-refractivity contribution in [3.63, 3.8) is 0 Å². The predicted octanol–water partition coefficient (Wildman–Crippen LogP) is 0.819. The van der Waals surface area contributed by atoms with Gasteiger partial charge in [-0.05, 0) is 12.8 Å². The van der Waals surface area contributed by atoms with Crippen LogP contribution in [-0.4, -0.2) is 25.6 Å². The summed E-state index contributed by atoms with van der Waals surface area (Å²) in [5.41, 5.74) is 1.49. The lowest BCUT2D eigenvalue weighted by Gasteiger charge is -2.07. The monoisotopic (exact) mass is 233 g/mol. The summed E-state index contributed by atoms with van der Waals surface area (Å²) in [5.74, 6) is 0.673. The van der Waals surface area contributed by atoms with E-state index in [1.165, 1.54) is 0 Å². The van der Waals surface area contributed by atoms with Crippen LogP contribution in [0.3, 0.4) is 0 Å². The molecule has 6 heteroatoms. The highest BCUT2D eigenvalue weighted by molar-refractivity contribution is 5.83. The van der Waals surface area contributed by atoms with Crippen molar-refractivity contribution in [1.29, 1.82) is 0 Å². The van der Waals surface area contributed by atoms with Crippen molar-refractivity contribution in [3.05, 3.63) is 16.8 Å². The maximum Gasteiger partial charge on any atom is 0.351 e. The van der Waals surface area contributed by atoms with Gasteiger partial charge in [-0.15, -0.1) is 0 Å². The SMILES string of the molecule is CCCn1c(=O)nc2c3c1ncn3CCCN2. The normalized spacial score (nSPS) is 14.6. The van der Waals surface area contributed by atoms with Crippen molar-refractivity contribution >= 4 is 17.0 Å². The molecular formula is C11H15N5O. The van der Waals surface area contributed by atoms with Crippen molar-refractivity contribution in [2.75, 3.05) is 11.9 Å². The minimum Gasteiger partial charge on any atom is -0.368 e. The lowest BCUT2D eigenvalue weighted by molar-refractivity contribution is 0.656. The maximum atomic E-state index is 11.9. The van der Waals surface area contributed by atoms with E-state index in [0.717, 1.165) is 37.1 Å². The van der Waals surface area contributed by atoms with Crippen molar-refractivity contribution < 1.29 is 0 Å². The zero-order valence-corrected chi connectivity index (χ0v) is 9.81. The minimum atomic E-state index is -0.214. The zero-order chi connectivity index (χ0) is 11.8. The fraction of sp³-hybridized carbons (Fsp3) is 0.545. The van der Waals surface area contributed by atoms with E-state index in [0.29, 0.717) is 12.4 Å². The summed E-state index contributed by atoms with van der Waals surface area (Å²) in [5, 5.41) is 3.20. The number of imidazole rings is 1. The molecule has 0 radical (unpaired) electrons. The third-order valence-corrected chi connectivity index (χ3v) is 3.05. The molecule has 90 valence electrons. The summed E-state index contributed by atoms with van der Waals surface area (Å²) in [6, 6.07) is 0. The van der Waals surface area contributed by atoms with E-state index in [1.54, 1.807) is 10.9 Å². The molecule has 0 unspecified atom stereocenters. The predicted molar refractivity (Wildman–Crippen MR) is 65.2 cm³/mol. The molecule has 0 atom stereocenters. The molecule has 0 amide bonds. The van der Waals surface area contributed by atoms with Gasteiger partial charge in [0.2, 0.25) is 0 Å². The molecule has 3 rings (SSSR count). The largest absolute Gasteiger partial charge is 0.368 e. The molecule has 1 aliphatic rings. The lowest BCUT2D eigenvalue weighted by Crippen LogP contribution is -2.25. The molecule has 0 aliphatic carbocycles. The minimum absolute atomic E-state index is 0.214. The zero-order valence-electron chi connectivity index (χ0n) is 9.81. The van der Waals surface area contributed by atoms with Crippen LogP contribution in [-0.2, 0) is 13.1 Å². The number of hydrogen-bond donors (Lipinski definition) is 1. The second-order valence-electron chi connectivity index (χ2n) is 4.29. The number of nitrogens with one attached hydrogen (secondary N) is 1. The summed E-state index contributed by atoms with van der Waals surface area (Å²) in [4.78, 5) is 20.4. The molecule has 1 N–H and O–H groups in total. The first-order valence-electron chi connectivity index (χ1n) is 6.01. The Bertz CT molecular complexity index is 612. The number of aryl methyl sites for hydroxylation is 2. The first-order chi connectivity index (χ1) is 8.31. The Hall–Kier alpha value is -1.85. The van der Waals surface area contributed by atoms with Crippen LogP contribution in [0.25, 0.3) is 11.2 Å². The summed E-state index contributed by atoms with van der Waals surface area (Å²) in [7, 11) is 0. The second kappa shape index (κ2) is 3.87. The van der Waals surface area contributed by atoms with Gasteiger partial charge in [0.15, 0.2) is 11.5 Å². The Morgan fingerprint density at radius 2 is 2.41 bits per heavy atom. The van der Waals surface area contributed by atoms with Crippen LogP contribution in [0.15, 0.2) is 11.1 Å². The summed E-state index contributed by atoms with van der Waals surface area (Å²) >= 11 is 0. The standard InChI is InChI=1S/C11H15N5O/c1-2-5-16-10-8-9(14-11(16)17)12-4-3-6-15(8)7-13-10/h7H,2-6H2,1H3,(H,12,14,17). The van der Waals surface area contributed by atoms with Gasteiger partial charge in [-0.3, -0.25) is 4.57 Å². The molecule has 0 saturated heterocycles. The Morgan fingerprint density at radius 3 is 3.24 bits per heavy atom. The van der Waals surface area contributed by atoms with Gasteiger partial charge in [-0.1, -0.05) is 6.92 Å². The summed E-state index contributed by atoms with van der Waals surface area (Å²) < 4.78 is 3.73. The molecule has 0 bridgehead atoms. The molecule has 0 spiro atoms. The van der Waals surface area contributed by atoms with Crippen LogP contribution in [0.5, 0.6) is 0 Å². The molecule has 6 nitrogen and oxygen atoms in total. The fourth-order valence-corrected chi connectivity index (χ4v) is 2.28. The van der Waals surface area contributed by atoms with E-state index < -0.39 is 0 Å². The quantitative estimate of drug-likeness (QED) is 0.834. The first-order valence-corrected chi connectivity index (χ1v) is 6.01. The van der Waals surface area contributed by atoms with E-state index in [-0.39, 0.29) is 5.69 Å². The van der Waals surface area contributed by atoms with Gasteiger partial charge in [-0.25, -0.2) is 9.78 Å². The third kappa shape index (κ3) is 1.51. The summed E-state index contributed by atoms with van der Waals surface area (Å²) in [6.07, 6.45) is 3.72. The third-order valence-electron chi connectivity index (χ3n) is 3.05. The van der Waals surface area contributed by atoms with E-state index in [1.807, 2.05) is 6.92 Å². The fourth-order valence-electron chi connectivity index (χ4n) is 2.28. The van der Waals surface area contributed by atoms with Crippen LogP contribution in [0.1, 0.15) is 19.8 Å². The van der Waals surface area contributed by atoms with Crippen molar-refractivity contribution in [1.82, 2.24) is 19.1 Å². The second-order valence-corrected chi connectivity index (χ2v) is 4.29. The number of anilines is 1. The summed E-state index contributed by atoms with van der Waals surface area (Å²) in [6.45, 7) is 4.47. The molecule has 2 aromatic heterocycles. The number of nitrogens with zero attached hydrogens (tertiary/aromatic N) is 4. The molecule has 0 fully saturated rings. The molecule has 2 aromatic rings. The number of aromatic nitrogens is 4. The topological polar surface area (TPSA) is 64.7 Å². The van der Waals surface area contributed by atoms with Gasteiger partial charge in [0.05, 0.1) is 6.33 Å². The highest BCUT2D eigenvalue weighted by Gasteiger charge is 2.17. The Labute approximate surface area is 98.3 Å². The lowest BCUT2D eigenvalue weighted by atomic mass is 10.4. The molecule has 3 heterocycles. The van der Waals surface area contributed by atoms with E-state index in [2.05, 4.69) is 19.9 Å². The van der Waals surface area contributed by atoms with Gasteiger partial charge in [0, 0.05) is 19.6 Å². The highest BCUT2D eigenvalue weighted by Crippen LogP contribution is 2.21. The van der Waals surface area contributed by atoms with E-state index in [9.17, 15) is 4.79 Å². The number of hydrogen-bond acceptors (Lipinski definition) is 4. The Balaban J connectivity index is 2.34. The molecule has 1 aliphatic heterocycles. The average molecular weight is 233 g/mol. The van der Waals surface area contributed by atoms with Crippen LogP contribution in [0, 0.1) is 0 Å². The highest BCUT2D eigenvalue weighted by atomic mass is 16.1. The molecule has 17 heavy (non-hydrogen) atoms. The number of rotatable bonds is 2. The van der Waals surface area contributed by atoms with Gasteiger partial charge in [-0.2, -0.15) is 4.98 Å². The van der Waals surface area contributed by atoms with Crippen molar-refractivity contribution in [2.45, 2.75) is 32.9 Å². The van der Waals surface area contributed by atoms with Gasteiger partial charge in [0.1, 0.15) is 5.52 Å². The maximum absolute atomic E-state index is 11.9. The smallest absolute Gasteiger partial charge is 0.351 e. The molecule has 0 saturated carbocycles. The average Bonchev–Trinajstić information content (AvgIpc) is 2.63. The van der Waals surface area contributed by atoms with Crippen LogP contribution in [0.4, 0.5) is 5.82 Å². The van der Waals surface area contributed by atoms with Crippen molar-refractivity contribution in [2.24, 2.45) is 0 Å². The Kier molecular flexibility index (Phi) is 2.35. The van der Waals surface area contributed by atoms with Crippen LogP contribution < -0.4 is 11.0 Å². The van der Waals surface area contributed by atoms with Crippen LogP contribution in [0.2, 0.25) is 0 Å². The first kappa shape index (κ1) is 10.3. The Morgan fingerprint density at radius 1 is 1.53 bits per heavy atom. The van der Waals surface area contributed by atoms with E-state index >= 15 is 0 Å². The molecular weight excluding hydrogens is 218 g/mol. The van der Waals surface area contributed by atoms with Crippen molar-refractivity contribution in [3.8, 4) is 0 Å². The van der Waals surface area contributed by atoms with Crippen LogP contribution >= 0.6 is 0 Å². The molecule has 0 aromatic carbocycles. The van der Waals surface area contributed by atoms with Gasteiger partial charge >= 0.3 is 5.69 Å². The van der Waals surface area contributed by atoms with E-state index in [4.69, 9.17) is 0 Å². The van der Waals surface area contributed by atoms with Gasteiger partial charge in [0.25, 0.3) is 0 Å².